The maximum absolute atomic E-state index is 9.55. The molecule has 0 bridgehead atoms. The lowest BCUT2D eigenvalue weighted by molar-refractivity contribution is 0.184. The number of benzene rings is 1. The number of nitrogen functional groups attached to an aromatic ring is 1. The van der Waals surface area contributed by atoms with Crippen LogP contribution in [0.25, 0.3) is 11.0 Å². The molecule has 1 aromatic carbocycles. The van der Waals surface area contributed by atoms with Crippen molar-refractivity contribution in [2.45, 2.75) is 45.6 Å². The Morgan fingerprint density at radius 3 is 2.81 bits per heavy atom. The Kier molecular flexibility index (Phi) is 3.89. The molecule has 1 aliphatic carbocycles. The topological polar surface area (TPSA) is 64.1 Å². The highest BCUT2D eigenvalue weighted by molar-refractivity contribution is 5.79. The molecule has 0 saturated heterocycles. The van der Waals surface area contributed by atoms with E-state index in [0.29, 0.717) is 24.4 Å². The van der Waals surface area contributed by atoms with Crippen molar-refractivity contribution in [3.63, 3.8) is 0 Å². The van der Waals surface area contributed by atoms with Gasteiger partial charge in [-0.3, -0.25) is 0 Å². The fraction of sp³-hybridized carbons (Fsp3) is 0.588. The molecule has 4 nitrogen and oxygen atoms in total. The molecule has 1 fully saturated rings. The minimum Gasteiger partial charge on any atom is -0.399 e. The highest BCUT2D eigenvalue weighted by Gasteiger charge is 2.28. The Balaban J connectivity index is 2.01. The summed E-state index contributed by atoms with van der Waals surface area (Å²) in [5.41, 5.74) is 8.79. The van der Waals surface area contributed by atoms with Gasteiger partial charge in [0.05, 0.1) is 11.0 Å². The van der Waals surface area contributed by atoms with Crippen molar-refractivity contribution >= 4 is 16.7 Å². The first-order valence-corrected chi connectivity index (χ1v) is 7.96. The van der Waals surface area contributed by atoms with E-state index in [1.165, 1.54) is 12.8 Å². The van der Waals surface area contributed by atoms with Gasteiger partial charge in [0, 0.05) is 24.8 Å². The van der Waals surface area contributed by atoms with Crippen molar-refractivity contribution in [2.24, 2.45) is 11.8 Å². The Bertz CT molecular complexity index is 632. The zero-order valence-corrected chi connectivity index (χ0v) is 12.9. The maximum atomic E-state index is 9.55. The molecule has 21 heavy (non-hydrogen) atoms. The molecule has 3 N–H and O–H groups in total. The molecule has 2 unspecified atom stereocenters. The highest BCUT2D eigenvalue weighted by atomic mass is 16.3. The fourth-order valence-electron chi connectivity index (χ4n) is 3.63. The monoisotopic (exact) mass is 287 g/mol. The number of nitrogens with two attached hydrogens (primary N) is 1. The van der Waals surface area contributed by atoms with E-state index >= 15 is 0 Å². The van der Waals surface area contributed by atoms with Gasteiger partial charge in [-0.1, -0.05) is 20.3 Å². The molecule has 0 amide bonds. The molecule has 1 aliphatic rings. The summed E-state index contributed by atoms with van der Waals surface area (Å²) in [5.74, 6) is 2.51. The number of aliphatic hydroxyl groups is 1. The Hall–Kier alpha value is -1.55. The number of aromatic nitrogens is 2. The van der Waals surface area contributed by atoms with Gasteiger partial charge in [-0.15, -0.1) is 0 Å². The largest absolute Gasteiger partial charge is 0.399 e. The van der Waals surface area contributed by atoms with Gasteiger partial charge < -0.3 is 15.4 Å². The van der Waals surface area contributed by atoms with E-state index in [9.17, 15) is 5.11 Å². The summed E-state index contributed by atoms with van der Waals surface area (Å²) in [7, 11) is 0. The summed E-state index contributed by atoms with van der Waals surface area (Å²) in [4.78, 5) is 4.79. The SMILES string of the molecule is CC(C)c1nc2cc(N)ccc2n1CC1CCCC1CO. The third kappa shape index (κ3) is 2.64. The summed E-state index contributed by atoms with van der Waals surface area (Å²) in [6, 6.07) is 5.98. The van der Waals surface area contributed by atoms with Crippen LogP contribution in [0.2, 0.25) is 0 Å². The summed E-state index contributed by atoms with van der Waals surface area (Å²) in [6.45, 7) is 5.62. The van der Waals surface area contributed by atoms with E-state index in [0.717, 1.165) is 35.5 Å². The van der Waals surface area contributed by atoms with Gasteiger partial charge in [0.1, 0.15) is 5.82 Å². The molecule has 0 aliphatic heterocycles. The van der Waals surface area contributed by atoms with Gasteiger partial charge in [0.15, 0.2) is 0 Å². The van der Waals surface area contributed by atoms with Crippen molar-refractivity contribution in [3.05, 3.63) is 24.0 Å². The lowest BCUT2D eigenvalue weighted by atomic mass is 9.96. The van der Waals surface area contributed by atoms with Crippen LogP contribution in [0.4, 0.5) is 5.69 Å². The summed E-state index contributed by atoms with van der Waals surface area (Å²) < 4.78 is 2.35. The lowest BCUT2D eigenvalue weighted by Gasteiger charge is -2.20. The van der Waals surface area contributed by atoms with Crippen molar-refractivity contribution < 1.29 is 5.11 Å². The second kappa shape index (κ2) is 5.68. The van der Waals surface area contributed by atoms with Crippen LogP contribution < -0.4 is 5.73 Å². The van der Waals surface area contributed by atoms with Crippen LogP contribution in [0.15, 0.2) is 18.2 Å². The van der Waals surface area contributed by atoms with E-state index in [4.69, 9.17) is 10.7 Å². The predicted molar refractivity (Wildman–Crippen MR) is 86.2 cm³/mol. The van der Waals surface area contributed by atoms with Gasteiger partial charge in [-0.25, -0.2) is 4.98 Å². The van der Waals surface area contributed by atoms with E-state index in [1.54, 1.807) is 0 Å². The fourth-order valence-corrected chi connectivity index (χ4v) is 3.63. The van der Waals surface area contributed by atoms with Crippen molar-refractivity contribution in [2.75, 3.05) is 12.3 Å². The molecule has 3 rings (SSSR count). The molecule has 4 heteroatoms. The molecule has 2 aromatic rings. The zero-order chi connectivity index (χ0) is 15.0. The number of imidazole rings is 1. The predicted octanol–water partition coefficient (Wildman–Crippen LogP) is 3.15. The molecule has 1 heterocycles. The average Bonchev–Trinajstić information content (AvgIpc) is 3.03. The quantitative estimate of drug-likeness (QED) is 0.849. The van der Waals surface area contributed by atoms with Gasteiger partial charge in [-0.05, 0) is 42.9 Å². The van der Waals surface area contributed by atoms with Gasteiger partial charge in [0.25, 0.3) is 0 Å². The van der Waals surface area contributed by atoms with Crippen molar-refractivity contribution in [3.8, 4) is 0 Å². The van der Waals surface area contributed by atoms with E-state index < -0.39 is 0 Å². The minimum absolute atomic E-state index is 0.307. The van der Waals surface area contributed by atoms with Crippen LogP contribution >= 0.6 is 0 Å². The molecule has 1 saturated carbocycles. The minimum atomic E-state index is 0.307. The zero-order valence-electron chi connectivity index (χ0n) is 12.9. The van der Waals surface area contributed by atoms with Crippen LogP contribution in [-0.2, 0) is 6.54 Å². The molecular weight excluding hydrogens is 262 g/mol. The third-order valence-corrected chi connectivity index (χ3v) is 4.79. The highest BCUT2D eigenvalue weighted by Crippen LogP contribution is 2.34. The van der Waals surface area contributed by atoms with Crippen molar-refractivity contribution in [1.82, 2.24) is 9.55 Å². The van der Waals surface area contributed by atoms with Gasteiger partial charge in [0.2, 0.25) is 0 Å². The maximum Gasteiger partial charge on any atom is 0.112 e. The Labute approximate surface area is 126 Å². The average molecular weight is 287 g/mol. The second-order valence-electron chi connectivity index (χ2n) is 6.62. The smallest absolute Gasteiger partial charge is 0.112 e. The first-order valence-electron chi connectivity index (χ1n) is 7.96. The van der Waals surface area contributed by atoms with Crippen molar-refractivity contribution in [1.29, 1.82) is 0 Å². The number of hydrogen-bond donors (Lipinski definition) is 2. The number of rotatable bonds is 4. The molecule has 0 radical (unpaired) electrons. The molecule has 1 aromatic heterocycles. The first kappa shape index (κ1) is 14.4. The van der Waals surface area contributed by atoms with Gasteiger partial charge >= 0.3 is 0 Å². The molecule has 114 valence electrons. The lowest BCUT2D eigenvalue weighted by Crippen LogP contribution is -2.19. The first-order chi connectivity index (χ1) is 10.1. The number of fused-ring (bicyclic) bond motifs is 1. The standard InChI is InChI=1S/C17H25N3O/c1-11(2)17-19-15-8-14(18)6-7-16(15)20(17)9-12-4-3-5-13(12)10-21/h6-8,11-13,21H,3-5,9-10,18H2,1-2H3. The van der Waals surface area contributed by atoms with E-state index in [1.807, 2.05) is 12.1 Å². The number of nitrogens with zero attached hydrogens (tertiary/aromatic N) is 2. The number of hydrogen-bond acceptors (Lipinski definition) is 3. The van der Waals surface area contributed by atoms with Crippen LogP contribution in [0.3, 0.4) is 0 Å². The summed E-state index contributed by atoms with van der Waals surface area (Å²) >= 11 is 0. The normalized spacial score (nSPS) is 22.5. The van der Waals surface area contributed by atoms with Gasteiger partial charge in [-0.2, -0.15) is 0 Å². The van der Waals surface area contributed by atoms with Crippen LogP contribution in [-0.4, -0.2) is 21.3 Å². The molecular formula is C17H25N3O. The van der Waals surface area contributed by atoms with Crippen LogP contribution in [0.5, 0.6) is 0 Å². The number of anilines is 1. The Morgan fingerprint density at radius 2 is 2.10 bits per heavy atom. The number of aliphatic hydroxyl groups excluding tert-OH is 1. The van der Waals surface area contributed by atoms with Crippen LogP contribution in [0, 0.1) is 11.8 Å². The molecule has 2 atom stereocenters. The van der Waals surface area contributed by atoms with E-state index in [-0.39, 0.29) is 0 Å². The summed E-state index contributed by atoms with van der Waals surface area (Å²) in [5, 5.41) is 9.55. The van der Waals surface area contributed by atoms with E-state index in [2.05, 4.69) is 24.5 Å². The Morgan fingerprint density at radius 1 is 1.33 bits per heavy atom. The second-order valence-corrected chi connectivity index (χ2v) is 6.62. The summed E-state index contributed by atoms with van der Waals surface area (Å²) in [6.07, 6.45) is 3.58. The molecule has 0 spiro atoms. The third-order valence-electron chi connectivity index (χ3n) is 4.79. The van der Waals surface area contributed by atoms with Crippen LogP contribution in [0.1, 0.15) is 44.9 Å².